The Balaban J connectivity index is 1.92. The Hall–Kier alpha value is -1.81. The lowest BCUT2D eigenvalue weighted by Crippen LogP contribution is -2.29. The first-order valence-electron chi connectivity index (χ1n) is 7.51. The van der Waals surface area contributed by atoms with Crippen LogP contribution in [0.1, 0.15) is 32.3 Å². The maximum atomic E-state index is 11.4. The highest BCUT2D eigenvalue weighted by Crippen LogP contribution is 2.26. The molecule has 1 heterocycles. The highest BCUT2D eigenvalue weighted by atomic mass is 16.4. The van der Waals surface area contributed by atoms with Crippen molar-refractivity contribution in [2.75, 3.05) is 0 Å². The van der Waals surface area contributed by atoms with Gasteiger partial charge in [-0.3, -0.25) is 4.79 Å². The van der Waals surface area contributed by atoms with E-state index in [2.05, 4.69) is 34.1 Å². The zero-order chi connectivity index (χ0) is 15.0. The predicted octanol–water partition coefficient (Wildman–Crippen LogP) is 3.00. The van der Waals surface area contributed by atoms with E-state index in [9.17, 15) is 9.90 Å². The van der Waals surface area contributed by atoms with Gasteiger partial charge in [0.25, 0.3) is 0 Å². The Labute approximate surface area is 124 Å². The Morgan fingerprint density at radius 2 is 2.14 bits per heavy atom. The summed E-state index contributed by atoms with van der Waals surface area (Å²) in [6, 6.07) is 9.01. The molecule has 0 atom stereocenters. The summed E-state index contributed by atoms with van der Waals surface area (Å²) in [6.07, 6.45) is 4.53. The first kappa shape index (κ1) is 14.1. The van der Waals surface area contributed by atoms with Gasteiger partial charge in [-0.25, -0.2) is 0 Å². The number of hydrogen-bond donors (Lipinski definition) is 2. The number of aliphatic carboxylic acids is 1. The molecule has 112 valence electrons. The lowest BCUT2D eigenvalue weighted by atomic mass is 9.93. The minimum absolute atomic E-state index is 0.478. The van der Waals surface area contributed by atoms with E-state index in [1.807, 2.05) is 6.20 Å². The average molecular weight is 286 g/mol. The van der Waals surface area contributed by atoms with Gasteiger partial charge < -0.3 is 15.0 Å². The second-order valence-electron chi connectivity index (χ2n) is 6.64. The monoisotopic (exact) mass is 286 g/mol. The number of carbonyl (C=O) groups is 1. The number of para-hydroxylation sites is 1. The molecule has 3 rings (SSSR count). The fourth-order valence-corrected chi connectivity index (χ4v) is 2.65. The van der Waals surface area contributed by atoms with Crippen molar-refractivity contribution in [1.29, 1.82) is 0 Å². The third kappa shape index (κ3) is 2.95. The lowest BCUT2D eigenvalue weighted by Gasteiger charge is -2.21. The molecule has 1 aliphatic rings. The van der Waals surface area contributed by atoms with Gasteiger partial charge in [-0.1, -0.05) is 18.2 Å². The maximum Gasteiger partial charge on any atom is 0.310 e. The summed E-state index contributed by atoms with van der Waals surface area (Å²) in [5, 5.41) is 14.1. The van der Waals surface area contributed by atoms with Crippen LogP contribution in [0.4, 0.5) is 0 Å². The van der Waals surface area contributed by atoms with Gasteiger partial charge in [0.1, 0.15) is 0 Å². The van der Waals surface area contributed by atoms with Crippen molar-refractivity contribution >= 4 is 16.9 Å². The molecule has 0 spiro atoms. The second-order valence-corrected chi connectivity index (χ2v) is 6.64. The summed E-state index contributed by atoms with van der Waals surface area (Å²) in [7, 11) is 0. The van der Waals surface area contributed by atoms with Gasteiger partial charge in [-0.2, -0.15) is 0 Å². The van der Waals surface area contributed by atoms with Crippen molar-refractivity contribution < 1.29 is 9.90 Å². The summed E-state index contributed by atoms with van der Waals surface area (Å²) in [5.74, 6) is -0.766. The Bertz CT molecular complexity index is 668. The SMILES string of the molecule is CC(C)(Cn1ccc2cccc(CNC3CC3)c21)C(=O)O. The molecule has 4 nitrogen and oxygen atoms in total. The molecule has 0 saturated heterocycles. The molecule has 0 bridgehead atoms. The third-order valence-corrected chi connectivity index (χ3v) is 4.18. The van der Waals surface area contributed by atoms with Crippen molar-refractivity contribution in [3.63, 3.8) is 0 Å². The Morgan fingerprint density at radius 3 is 2.81 bits per heavy atom. The molecule has 0 radical (unpaired) electrons. The van der Waals surface area contributed by atoms with Gasteiger partial charge in [-0.15, -0.1) is 0 Å². The van der Waals surface area contributed by atoms with Crippen LogP contribution in [0.2, 0.25) is 0 Å². The molecular formula is C17H22N2O2. The number of benzene rings is 1. The van der Waals surface area contributed by atoms with E-state index in [0.29, 0.717) is 12.6 Å². The first-order chi connectivity index (χ1) is 9.97. The van der Waals surface area contributed by atoms with Crippen LogP contribution in [-0.2, 0) is 17.9 Å². The Kier molecular flexibility index (Phi) is 3.49. The number of nitrogens with zero attached hydrogens (tertiary/aromatic N) is 1. The predicted molar refractivity (Wildman–Crippen MR) is 83.2 cm³/mol. The molecule has 0 aliphatic heterocycles. The zero-order valence-corrected chi connectivity index (χ0v) is 12.6. The number of carboxylic acid groups (broad SMARTS) is 1. The molecule has 0 unspecified atom stereocenters. The van der Waals surface area contributed by atoms with Gasteiger partial charge in [-0.05, 0) is 43.7 Å². The topological polar surface area (TPSA) is 54.3 Å². The fraction of sp³-hybridized carbons (Fsp3) is 0.471. The molecule has 1 fully saturated rings. The van der Waals surface area contributed by atoms with Crippen LogP contribution in [-0.4, -0.2) is 21.7 Å². The van der Waals surface area contributed by atoms with Crippen LogP contribution in [0.5, 0.6) is 0 Å². The van der Waals surface area contributed by atoms with E-state index < -0.39 is 11.4 Å². The van der Waals surface area contributed by atoms with E-state index in [-0.39, 0.29) is 0 Å². The number of fused-ring (bicyclic) bond motifs is 1. The number of rotatable bonds is 6. The van der Waals surface area contributed by atoms with Gasteiger partial charge in [0, 0.05) is 25.3 Å². The molecule has 4 heteroatoms. The van der Waals surface area contributed by atoms with Crippen LogP contribution < -0.4 is 5.32 Å². The van der Waals surface area contributed by atoms with E-state index in [1.54, 1.807) is 13.8 Å². The quantitative estimate of drug-likeness (QED) is 0.858. The molecule has 1 aromatic heterocycles. The van der Waals surface area contributed by atoms with Gasteiger partial charge in [0.15, 0.2) is 0 Å². The first-order valence-corrected chi connectivity index (χ1v) is 7.51. The number of carboxylic acids is 1. The standard InChI is InChI=1S/C17H22N2O2/c1-17(2,16(20)21)11-19-9-8-12-4-3-5-13(15(12)19)10-18-14-6-7-14/h3-5,8-9,14,18H,6-7,10-11H2,1-2H3,(H,20,21). The molecule has 2 N–H and O–H groups in total. The van der Waals surface area contributed by atoms with E-state index in [0.717, 1.165) is 12.1 Å². The number of nitrogens with one attached hydrogen (secondary N) is 1. The smallest absolute Gasteiger partial charge is 0.310 e. The lowest BCUT2D eigenvalue weighted by molar-refractivity contribution is -0.147. The van der Waals surface area contributed by atoms with Crippen LogP contribution in [0, 0.1) is 5.41 Å². The average Bonchev–Trinajstić information content (AvgIpc) is 3.18. The number of hydrogen-bond acceptors (Lipinski definition) is 2. The van der Waals surface area contributed by atoms with E-state index >= 15 is 0 Å². The van der Waals surface area contributed by atoms with Gasteiger partial charge in [0.05, 0.1) is 10.9 Å². The minimum atomic E-state index is -0.775. The van der Waals surface area contributed by atoms with Crippen molar-refractivity contribution in [2.45, 2.75) is 45.8 Å². The highest BCUT2D eigenvalue weighted by molar-refractivity contribution is 5.84. The number of aromatic nitrogens is 1. The summed E-state index contributed by atoms with van der Waals surface area (Å²) < 4.78 is 2.08. The van der Waals surface area contributed by atoms with Crippen LogP contribution in [0.15, 0.2) is 30.5 Å². The largest absolute Gasteiger partial charge is 0.481 e. The van der Waals surface area contributed by atoms with Gasteiger partial charge >= 0.3 is 5.97 Å². The van der Waals surface area contributed by atoms with E-state index in [1.165, 1.54) is 23.8 Å². The van der Waals surface area contributed by atoms with Crippen LogP contribution >= 0.6 is 0 Å². The second kappa shape index (κ2) is 5.19. The van der Waals surface area contributed by atoms with Crippen molar-refractivity contribution in [1.82, 2.24) is 9.88 Å². The van der Waals surface area contributed by atoms with Crippen molar-refractivity contribution in [2.24, 2.45) is 5.41 Å². The fourth-order valence-electron chi connectivity index (χ4n) is 2.65. The molecule has 1 aliphatic carbocycles. The molecule has 2 aromatic rings. The minimum Gasteiger partial charge on any atom is -0.481 e. The molecule has 21 heavy (non-hydrogen) atoms. The Morgan fingerprint density at radius 1 is 1.38 bits per heavy atom. The van der Waals surface area contributed by atoms with Crippen LogP contribution in [0.25, 0.3) is 10.9 Å². The van der Waals surface area contributed by atoms with Gasteiger partial charge in [0.2, 0.25) is 0 Å². The molecule has 1 saturated carbocycles. The summed E-state index contributed by atoms with van der Waals surface area (Å²) in [5.41, 5.74) is 1.62. The van der Waals surface area contributed by atoms with Crippen LogP contribution in [0.3, 0.4) is 0 Å². The van der Waals surface area contributed by atoms with E-state index in [4.69, 9.17) is 0 Å². The summed E-state index contributed by atoms with van der Waals surface area (Å²) >= 11 is 0. The normalized spacial score (nSPS) is 15.5. The molecule has 0 amide bonds. The third-order valence-electron chi connectivity index (χ3n) is 4.18. The summed E-state index contributed by atoms with van der Waals surface area (Å²) in [4.78, 5) is 11.4. The van der Waals surface area contributed by atoms with Crippen molar-refractivity contribution in [3.8, 4) is 0 Å². The zero-order valence-electron chi connectivity index (χ0n) is 12.6. The molecular weight excluding hydrogens is 264 g/mol. The highest BCUT2D eigenvalue weighted by Gasteiger charge is 2.28. The van der Waals surface area contributed by atoms with Crippen molar-refractivity contribution in [3.05, 3.63) is 36.0 Å². The molecule has 1 aromatic carbocycles. The maximum absolute atomic E-state index is 11.4. The summed E-state index contributed by atoms with van der Waals surface area (Å²) in [6.45, 7) is 4.87.